The molecule has 3 heterocycles. The van der Waals surface area contributed by atoms with Gasteiger partial charge in [-0.05, 0) is 74.2 Å². The fourth-order valence-corrected chi connectivity index (χ4v) is 14.6. The van der Waals surface area contributed by atoms with Gasteiger partial charge in [0.1, 0.15) is 0 Å². The van der Waals surface area contributed by atoms with E-state index in [-0.39, 0.29) is 31.6 Å². The van der Waals surface area contributed by atoms with Crippen molar-refractivity contribution in [3.8, 4) is 51.0 Å². The molecular weight excluding hydrogens is 873 g/mol. The molecule has 0 aliphatic carbocycles. The second-order valence-corrected chi connectivity index (χ2v) is 20.6. The first kappa shape index (κ1) is 23.4. The van der Waals surface area contributed by atoms with Crippen LogP contribution in [0.5, 0.6) is 0 Å². The molecule has 0 aliphatic rings. The van der Waals surface area contributed by atoms with Crippen LogP contribution in [-0.2, 0) is 0 Å². The number of aromatic nitrogens is 4. The average molecular weight is 938 g/mol. The summed E-state index contributed by atoms with van der Waals surface area (Å²) in [6.45, 7) is 0. The average Bonchev–Trinajstić information content (AvgIpc) is 1.50. The second-order valence-electron chi connectivity index (χ2n) is 15.7. The van der Waals surface area contributed by atoms with Crippen molar-refractivity contribution in [1.29, 1.82) is 0 Å². The molecule has 3 aromatic heterocycles. The molecule has 0 N–H and O–H groups in total. The Bertz CT molecular complexity index is 5210. The number of hydrogen-bond donors (Lipinski definition) is 0. The van der Waals surface area contributed by atoms with E-state index in [1.54, 1.807) is 12.1 Å². The molecule has 69 heavy (non-hydrogen) atoms. The molecule has 0 atom stereocenters. The van der Waals surface area contributed by atoms with Crippen LogP contribution in [0.1, 0.15) is 31.5 Å². The van der Waals surface area contributed by atoms with Crippen molar-refractivity contribution >= 4 is 82.1 Å². The molecular formula is C63H42N4SSi. The number of benzene rings is 10. The van der Waals surface area contributed by atoms with Gasteiger partial charge < -0.3 is 4.57 Å². The Morgan fingerprint density at radius 3 is 1.42 bits per heavy atom. The van der Waals surface area contributed by atoms with E-state index in [9.17, 15) is 17.8 Å². The van der Waals surface area contributed by atoms with E-state index in [0.29, 0.717) is 0 Å². The lowest BCUT2D eigenvalue weighted by atomic mass is 10.0. The quantitative estimate of drug-likeness (QED) is 0.107. The molecule has 0 aliphatic heterocycles. The van der Waals surface area contributed by atoms with Gasteiger partial charge in [0.05, 0.1) is 42.6 Å². The number of thiophene rings is 1. The molecule has 0 bridgehead atoms. The van der Waals surface area contributed by atoms with E-state index in [1.807, 2.05) is 66.7 Å². The zero-order valence-electron chi connectivity index (χ0n) is 58.7. The summed E-state index contributed by atoms with van der Waals surface area (Å²) in [6.07, 6.45) is 0. The topological polar surface area (TPSA) is 43.6 Å². The van der Waals surface area contributed by atoms with Gasteiger partial charge in [-0.1, -0.05) is 212 Å². The van der Waals surface area contributed by atoms with E-state index < -0.39 is 208 Å². The summed E-state index contributed by atoms with van der Waals surface area (Å²) in [5.41, 5.74) is -3.92. The number of hydrogen-bond acceptors (Lipinski definition) is 4. The highest BCUT2D eigenvalue weighted by Gasteiger charge is 2.41. The normalized spacial score (nSPS) is 16.4. The van der Waals surface area contributed by atoms with Crippen molar-refractivity contribution in [3.63, 3.8) is 0 Å². The largest absolute Gasteiger partial charge is 0.309 e. The first-order chi connectivity index (χ1) is 43.8. The maximum absolute atomic E-state index is 10.1. The van der Waals surface area contributed by atoms with Crippen molar-refractivity contribution < 1.29 is 31.5 Å². The van der Waals surface area contributed by atoms with Crippen LogP contribution < -0.4 is 20.7 Å². The number of fused-ring (bicyclic) bond motifs is 6. The van der Waals surface area contributed by atoms with Crippen LogP contribution in [0.15, 0.2) is 254 Å². The molecule has 6 heteroatoms. The third-order valence-corrected chi connectivity index (χ3v) is 17.7. The van der Waals surface area contributed by atoms with E-state index in [4.69, 9.17) is 28.7 Å². The minimum Gasteiger partial charge on any atom is -0.309 e. The van der Waals surface area contributed by atoms with Gasteiger partial charge >= 0.3 is 0 Å². The van der Waals surface area contributed by atoms with Gasteiger partial charge in [-0.15, -0.1) is 11.3 Å². The lowest BCUT2D eigenvalue weighted by Crippen LogP contribution is -2.74. The third-order valence-electron chi connectivity index (χ3n) is 11.9. The smallest absolute Gasteiger partial charge is 0.179 e. The van der Waals surface area contributed by atoms with Gasteiger partial charge in [0.15, 0.2) is 25.5 Å². The predicted octanol–water partition coefficient (Wildman–Crippen LogP) is 13.4. The Morgan fingerprint density at radius 1 is 0.348 bits per heavy atom. The van der Waals surface area contributed by atoms with Crippen LogP contribution >= 0.6 is 11.3 Å². The van der Waals surface area contributed by atoms with E-state index in [0.717, 1.165) is 36.7 Å². The van der Waals surface area contributed by atoms with Crippen molar-refractivity contribution in [1.82, 2.24) is 19.5 Å². The molecule has 0 spiro atoms. The summed E-state index contributed by atoms with van der Waals surface area (Å²) in [6, 6.07) is 19.9. The minimum absolute atomic E-state index is 0.0245. The molecule has 0 saturated heterocycles. The molecule has 0 radical (unpaired) electrons. The van der Waals surface area contributed by atoms with Crippen LogP contribution in [-0.4, -0.2) is 27.6 Å². The van der Waals surface area contributed by atoms with Crippen molar-refractivity contribution in [2.24, 2.45) is 0 Å². The Hall–Kier alpha value is -8.55. The van der Waals surface area contributed by atoms with Gasteiger partial charge in [0.25, 0.3) is 0 Å². The molecule has 10 aromatic carbocycles. The van der Waals surface area contributed by atoms with Crippen molar-refractivity contribution in [2.45, 2.75) is 0 Å². The molecule has 0 fully saturated rings. The molecule has 324 valence electrons. The predicted molar refractivity (Wildman–Crippen MR) is 292 cm³/mol. The molecule has 13 aromatic rings. The Labute approximate surface area is 437 Å². The lowest BCUT2D eigenvalue weighted by Gasteiger charge is -2.34. The van der Waals surface area contributed by atoms with Crippen molar-refractivity contribution in [3.05, 3.63) is 254 Å². The highest BCUT2D eigenvalue weighted by atomic mass is 32.1. The van der Waals surface area contributed by atoms with E-state index in [1.165, 1.54) is 0 Å². The summed E-state index contributed by atoms with van der Waals surface area (Å²) >= 11 is 0.733. The maximum atomic E-state index is 10.1. The lowest BCUT2D eigenvalue weighted by molar-refractivity contribution is 1.07. The molecule has 4 nitrogen and oxygen atoms in total. The summed E-state index contributed by atoms with van der Waals surface area (Å²) in [5, 5.41) is 2.90. The highest BCUT2D eigenvalue weighted by molar-refractivity contribution is 7.25. The fraction of sp³-hybridized carbons (Fsp3) is 0. The summed E-state index contributed by atoms with van der Waals surface area (Å²) in [5.74, 6) is -1.54. The van der Waals surface area contributed by atoms with Gasteiger partial charge in [-0.3, -0.25) is 0 Å². The molecule has 0 unspecified atom stereocenters. The van der Waals surface area contributed by atoms with E-state index in [2.05, 4.69) is 36.4 Å². The maximum Gasteiger partial charge on any atom is 0.179 e. The summed E-state index contributed by atoms with van der Waals surface area (Å²) < 4.78 is 211. The molecule has 0 saturated carbocycles. The first-order valence-corrected chi connectivity index (χ1v) is 24.3. The minimum atomic E-state index is -3.20. The monoisotopic (exact) mass is 937 g/mol. The van der Waals surface area contributed by atoms with Crippen LogP contribution in [0.3, 0.4) is 0 Å². The van der Waals surface area contributed by atoms with Crippen LogP contribution in [0.25, 0.3) is 93.0 Å². The summed E-state index contributed by atoms with van der Waals surface area (Å²) in [7, 11) is -3.20. The molecule has 0 amide bonds. The zero-order valence-corrected chi connectivity index (χ0v) is 37.5. The SMILES string of the molecule is [2H]c1c([2H])c(-c2nc(-c3ccc([Si](c4ccccc4)(c4ccccc4)c4ccccc4)cc3)nc(-c3c([2H])c([2H])c([2H])c(-n4c5c([2H])c([2H])c([2H])c([2H])c5c5c([2H])c([2H])c([2H])c([2H])c54)c3[2H])n2)c([2H])c(-c2c([2H])c([2H])c3c(sc4c([2H])c([2H])c([2H])c([2H])c43)c2[2H])c1[2H]. The fourth-order valence-electron chi connectivity index (χ4n) is 8.87. The van der Waals surface area contributed by atoms with Gasteiger partial charge in [-0.2, -0.15) is 0 Å². The Balaban J connectivity index is 1.12. The van der Waals surface area contributed by atoms with Crippen LogP contribution in [0.4, 0.5) is 0 Å². The summed E-state index contributed by atoms with van der Waals surface area (Å²) in [4.78, 5) is 14.3. The molecule has 13 rings (SSSR count). The van der Waals surface area contributed by atoms with Crippen molar-refractivity contribution in [2.75, 3.05) is 0 Å². The third kappa shape index (κ3) is 7.00. The van der Waals surface area contributed by atoms with Gasteiger partial charge in [-0.25, -0.2) is 15.0 Å². The van der Waals surface area contributed by atoms with Gasteiger partial charge in [0, 0.05) is 53.3 Å². The van der Waals surface area contributed by atoms with Crippen LogP contribution in [0.2, 0.25) is 0 Å². The highest BCUT2D eigenvalue weighted by Crippen LogP contribution is 2.38. The second kappa shape index (κ2) is 17.0. The first-order valence-electron chi connectivity index (χ1n) is 33.0. The van der Waals surface area contributed by atoms with Crippen LogP contribution in [0, 0.1) is 0 Å². The van der Waals surface area contributed by atoms with E-state index >= 15 is 0 Å². The Kier molecular flexibility index (Phi) is 5.76. The number of para-hydroxylation sites is 2. The zero-order chi connectivity index (χ0) is 65.7. The Morgan fingerprint density at radius 2 is 0.812 bits per heavy atom. The number of rotatable bonds is 9. The number of nitrogens with zero attached hydrogens (tertiary/aromatic N) is 4. The van der Waals surface area contributed by atoms with Gasteiger partial charge in [0.2, 0.25) is 0 Å². The standard InChI is InChI=1S/C63H42N4SSi/c1-4-22-49(23-5-1)69(50-24-6-2-7-25-50,51-26-8-3-9-27-51)52-37-34-43(35-38-52)61-64-62(46-19-16-18-44(40-46)45-36-39-56-55-30-12-15-33-59(55)68-60(56)42-45)66-63(65-61)47-20-17-21-48(41-47)67-57-31-13-10-28-53(57)54-29-11-14-32-58(54)67/h1-42H/i10D,11D,12D,13D,14D,15D,16D,17D,18D,19D,20D,21D,28D,29D,30D,31D,32D,33D,36D,39D,40D,41D,42D.